The molecule has 0 amide bonds. The van der Waals surface area contributed by atoms with E-state index in [0.29, 0.717) is 18.7 Å². The number of benzene rings is 1. The van der Waals surface area contributed by atoms with E-state index in [1.807, 2.05) is 6.07 Å². The van der Waals surface area contributed by atoms with E-state index in [4.69, 9.17) is 11.0 Å². The molecule has 0 saturated carbocycles. The summed E-state index contributed by atoms with van der Waals surface area (Å²) in [4.78, 5) is 1.71. The second-order valence-electron chi connectivity index (χ2n) is 4.49. The largest absolute Gasteiger partial charge is 0.416 e. The molecule has 3 nitrogen and oxygen atoms in total. The molecule has 18 heavy (non-hydrogen) atoms. The molecule has 0 aliphatic carbocycles. The van der Waals surface area contributed by atoms with Gasteiger partial charge in [-0.2, -0.15) is 18.4 Å². The molecule has 1 saturated heterocycles. The number of hydrogen-bond donors (Lipinski definition) is 1. The number of rotatable bonds is 1. The van der Waals surface area contributed by atoms with Crippen LogP contribution in [-0.4, -0.2) is 18.6 Å². The van der Waals surface area contributed by atoms with Gasteiger partial charge >= 0.3 is 6.18 Å². The van der Waals surface area contributed by atoms with Crippen LogP contribution in [0.2, 0.25) is 0 Å². The highest BCUT2D eigenvalue weighted by Crippen LogP contribution is 2.33. The third kappa shape index (κ3) is 2.41. The lowest BCUT2D eigenvalue weighted by Crippen LogP contribution is -2.41. The van der Waals surface area contributed by atoms with Crippen molar-refractivity contribution in [1.82, 2.24) is 0 Å². The number of anilines is 1. The molecule has 1 atom stereocenters. The maximum absolute atomic E-state index is 12.6. The topological polar surface area (TPSA) is 53.1 Å². The molecule has 1 aliphatic rings. The fourth-order valence-electron chi connectivity index (χ4n) is 2.02. The number of nitrogens with zero attached hydrogens (tertiary/aromatic N) is 2. The summed E-state index contributed by atoms with van der Waals surface area (Å²) in [5.41, 5.74) is 4.58. The van der Waals surface area contributed by atoms with Crippen LogP contribution in [0.3, 0.4) is 0 Å². The number of nitrogens with two attached hydrogens (primary N) is 1. The third-order valence-electron chi connectivity index (χ3n) is 3.06. The molecule has 1 aromatic carbocycles. The molecule has 2 N–H and O–H groups in total. The Kier molecular flexibility index (Phi) is 2.95. The number of nitriles is 1. The van der Waals surface area contributed by atoms with Gasteiger partial charge in [0.2, 0.25) is 0 Å². The molecule has 0 bridgehead atoms. The molecular formula is C12H12F3N3. The Balaban J connectivity index is 2.24. The number of alkyl halides is 3. The van der Waals surface area contributed by atoms with Gasteiger partial charge in [0.15, 0.2) is 0 Å². The van der Waals surface area contributed by atoms with Gasteiger partial charge < -0.3 is 10.6 Å². The molecule has 1 unspecified atom stereocenters. The van der Waals surface area contributed by atoms with E-state index in [-0.39, 0.29) is 6.54 Å². The zero-order valence-corrected chi connectivity index (χ0v) is 9.54. The van der Waals surface area contributed by atoms with E-state index in [0.717, 1.165) is 12.1 Å². The normalized spacial score (nSPS) is 24.1. The van der Waals surface area contributed by atoms with Crippen molar-refractivity contribution < 1.29 is 13.2 Å². The second kappa shape index (κ2) is 4.18. The first-order valence-electron chi connectivity index (χ1n) is 5.46. The van der Waals surface area contributed by atoms with Crippen molar-refractivity contribution in [3.05, 3.63) is 29.8 Å². The van der Waals surface area contributed by atoms with Crippen LogP contribution in [0.15, 0.2) is 24.3 Å². The first-order valence-corrected chi connectivity index (χ1v) is 5.46. The zero-order valence-electron chi connectivity index (χ0n) is 9.54. The summed E-state index contributed by atoms with van der Waals surface area (Å²) in [6, 6.07) is 7.07. The Morgan fingerprint density at radius 1 is 1.39 bits per heavy atom. The number of hydrogen-bond acceptors (Lipinski definition) is 3. The fraction of sp³-hybridized carbons (Fsp3) is 0.417. The highest BCUT2D eigenvalue weighted by atomic mass is 19.4. The van der Waals surface area contributed by atoms with Crippen molar-refractivity contribution in [2.24, 2.45) is 5.73 Å². The summed E-state index contributed by atoms with van der Waals surface area (Å²) < 4.78 is 37.7. The van der Waals surface area contributed by atoms with E-state index in [9.17, 15) is 13.2 Å². The predicted octanol–water partition coefficient (Wildman–Crippen LogP) is 2.14. The van der Waals surface area contributed by atoms with Crippen LogP contribution in [0.1, 0.15) is 12.0 Å². The van der Waals surface area contributed by atoms with E-state index in [1.165, 1.54) is 6.07 Å². The lowest BCUT2D eigenvalue weighted by Gasteiger charge is -2.21. The highest BCUT2D eigenvalue weighted by Gasteiger charge is 2.36. The van der Waals surface area contributed by atoms with Crippen LogP contribution >= 0.6 is 0 Å². The van der Waals surface area contributed by atoms with Gasteiger partial charge in [0.25, 0.3) is 0 Å². The van der Waals surface area contributed by atoms with E-state index < -0.39 is 17.3 Å². The molecule has 2 rings (SSSR count). The van der Waals surface area contributed by atoms with Crippen LogP contribution in [0, 0.1) is 11.3 Å². The molecule has 1 aliphatic heterocycles. The summed E-state index contributed by atoms with van der Waals surface area (Å²) in [6.45, 7) is 0.746. The molecule has 0 aromatic heterocycles. The lowest BCUT2D eigenvalue weighted by atomic mass is 10.0. The third-order valence-corrected chi connectivity index (χ3v) is 3.06. The van der Waals surface area contributed by atoms with Gasteiger partial charge in [-0.05, 0) is 24.6 Å². The van der Waals surface area contributed by atoms with Crippen molar-refractivity contribution in [3.63, 3.8) is 0 Å². The second-order valence-corrected chi connectivity index (χ2v) is 4.49. The summed E-state index contributed by atoms with van der Waals surface area (Å²) >= 11 is 0. The molecule has 96 valence electrons. The van der Waals surface area contributed by atoms with Gasteiger partial charge in [0, 0.05) is 18.8 Å². The standard InChI is InChI=1S/C12H12F3N3/c13-12(14,15)9-2-1-3-10(6-9)18-5-4-11(17,7-16)8-18/h1-3,6H,4-5,8,17H2. The average molecular weight is 255 g/mol. The molecule has 1 fully saturated rings. The van der Waals surface area contributed by atoms with Crippen LogP contribution < -0.4 is 10.6 Å². The first kappa shape index (κ1) is 12.7. The Morgan fingerprint density at radius 3 is 2.67 bits per heavy atom. The van der Waals surface area contributed by atoms with Gasteiger partial charge in [-0.3, -0.25) is 0 Å². The van der Waals surface area contributed by atoms with Crippen LogP contribution in [0.5, 0.6) is 0 Å². The maximum Gasteiger partial charge on any atom is 0.416 e. The van der Waals surface area contributed by atoms with E-state index >= 15 is 0 Å². The van der Waals surface area contributed by atoms with Crippen molar-refractivity contribution in [2.45, 2.75) is 18.1 Å². The Labute approximate surface area is 103 Å². The molecule has 0 spiro atoms. The average Bonchev–Trinajstić information content (AvgIpc) is 2.72. The number of halogens is 3. The lowest BCUT2D eigenvalue weighted by molar-refractivity contribution is -0.137. The van der Waals surface area contributed by atoms with Crippen molar-refractivity contribution >= 4 is 5.69 Å². The van der Waals surface area contributed by atoms with Crippen molar-refractivity contribution in [3.8, 4) is 6.07 Å². The Morgan fingerprint density at radius 2 is 2.11 bits per heavy atom. The zero-order chi connectivity index (χ0) is 13.4. The minimum atomic E-state index is -4.36. The van der Waals surface area contributed by atoms with Gasteiger partial charge in [0.05, 0.1) is 11.6 Å². The fourth-order valence-corrected chi connectivity index (χ4v) is 2.02. The smallest absolute Gasteiger partial charge is 0.368 e. The monoisotopic (exact) mass is 255 g/mol. The van der Waals surface area contributed by atoms with Crippen molar-refractivity contribution in [1.29, 1.82) is 5.26 Å². The van der Waals surface area contributed by atoms with Gasteiger partial charge in [-0.25, -0.2) is 0 Å². The van der Waals surface area contributed by atoms with Crippen LogP contribution in [-0.2, 0) is 6.18 Å². The van der Waals surface area contributed by atoms with Crippen molar-refractivity contribution in [2.75, 3.05) is 18.0 Å². The van der Waals surface area contributed by atoms with Crippen LogP contribution in [0.25, 0.3) is 0 Å². The van der Waals surface area contributed by atoms with Gasteiger partial charge in [-0.1, -0.05) is 6.07 Å². The van der Waals surface area contributed by atoms with Crippen LogP contribution in [0.4, 0.5) is 18.9 Å². The molecule has 0 radical (unpaired) electrons. The Hall–Kier alpha value is -1.74. The highest BCUT2D eigenvalue weighted by molar-refractivity contribution is 5.51. The predicted molar refractivity (Wildman–Crippen MR) is 60.8 cm³/mol. The molecular weight excluding hydrogens is 243 g/mol. The minimum Gasteiger partial charge on any atom is -0.368 e. The summed E-state index contributed by atoms with van der Waals surface area (Å²) in [7, 11) is 0. The maximum atomic E-state index is 12.6. The van der Waals surface area contributed by atoms with E-state index in [1.54, 1.807) is 11.0 Å². The molecule has 1 heterocycles. The van der Waals surface area contributed by atoms with Gasteiger partial charge in [0.1, 0.15) is 5.54 Å². The quantitative estimate of drug-likeness (QED) is 0.836. The summed E-state index contributed by atoms with van der Waals surface area (Å²) in [6.07, 6.45) is -3.90. The summed E-state index contributed by atoms with van der Waals surface area (Å²) in [5, 5.41) is 8.89. The summed E-state index contributed by atoms with van der Waals surface area (Å²) in [5.74, 6) is 0. The SMILES string of the molecule is N#CC1(N)CCN(c2cccc(C(F)(F)F)c2)C1. The minimum absolute atomic E-state index is 0.255. The first-order chi connectivity index (χ1) is 8.34. The van der Waals surface area contributed by atoms with Gasteiger partial charge in [-0.15, -0.1) is 0 Å². The molecule has 1 aromatic rings. The van der Waals surface area contributed by atoms with E-state index in [2.05, 4.69) is 0 Å². The molecule has 6 heteroatoms. The Bertz CT molecular complexity index is 492.